The summed E-state index contributed by atoms with van der Waals surface area (Å²) in [6.07, 6.45) is -2.22. The highest BCUT2D eigenvalue weighted by Gasteiger charge is 2.39. The van der Waals surface area contributed by atoms with Crippen LogP contribution in [0.15, 0.2) is 48.5 Å². The SMILES string of the molecule is O=C1CC(C(=O)N2CCc3ccccc3[C@@H]2c2ccc(F)cc2)OCC1F. The summed E-state index contributed by atoms with van der Waals surface area (Å²) >= 11 is 0. The standard InChI is InChI=1S/C21H19F2NO3/c22-15-7-5-14(6-8-15)20-16-4-2-1-3-13(16)9-10-24(20)21(26)19-11-18(25)17(23)12-27-19/h1-8,17,19-20H,9-12H2/t17?,19?,20-/m0/s1. The number of rotatable bonds is 2. The Bertz CT molecular complexity index is 868. The van der Waals surface area contributed by atoms with Crippen molar-refractivity contribution >= 4 is 11.7 Å². The Morgan fingerprint density at radius 2 is 1.85 bits per heavy atom. The highest BCUT2D eigenvalue weighted by atomic mass is 19.1. The van der Waals surface area contributed by atoms with Crippen molar-refractivity contribution in [3.63, 3.8) is 0 Å². The monoisotopic (exact) mass is 371 g/mol. The van der Waals surface area contributed by atoms with Crippen molar-refractivity contribution in [2.24, 2.45) is 0 Å². The van der Waals surface area contributed by atoms with E-state index in [1.807, 2.05) is 24.3 Å². The van der Waals surface area contributed by atoms with E-state index in [0.717, 1.165) is 16.7 Å². The van der Waals surface area contributed by atoms with Crippen LogP contribution in [0.2, 0.25) is 0 Å². The molecule has 4 rings (SSSR count). The fourth-order valence-electron chi connectivity index (χ4n) is 3.82. The second-order valence-electron chi connectivity index (χ2n) is 6.89. The van der Waals surface area contributed by atoms with Gasteiger partial charge in [-0.2, -0.15) is 0 Å². The van der Waals surface area contributed by atoms with Gasteiger partial charge in [0.15, 0.2) is 12.0 Å². The minimum absolute atomic E-state index is 0.256. The molecule has 0 spiro atoms. The van der Waals surface area contributed by atoms with Crippen molar-refractivity contribution < 1.29 is 23.1 Å². The smallest absolute Gasteiger partial charge is 0.252 e. The first kappa shape index (κ1) is 17.8. The van der Waals surface area contributed by atoms with Gasteiger partial charge in [0, 0.05) is 13.0 Å². The lowest BCUT2D eigenvalue weighted by atomic mass is 9.87. The van der Waals surface area contributed by atoms with Crippen LogP contribution in [0.3, 0.4) is 0 Å². The third-order valence-corrected chi connectivity index (χ3v) is 5.21. The van der Waals surface area contributed by atoms with Crippen molar-refractivity contribution in [2.45, 2.75) is 31.2 Å². The molecule has 0 saturated carbocycles. The number of amides is 1. The highest BCUT2D eigenvalue weighted by molar-refractivity contribution is 5.92. The molecule has 3 atom stereocenters. The number of halogens is 2. The summed E-state index contributed by atoms with van der Waals surface area (Å²) in [5.41, 5.74) is 2.87. The molecule has 2 aromatic carbocycles. The zero-order valence-corrected chi connectivity index (χ0v) is 14.6. The minimum Gasteiger partial charge on any atom is -0.364 e. The second-order valence-corrected chi connectivity index (χ2v) is 6.89. The van der Waals surface area contributed by atoms with Crippen LogP contribution in [-0.4, -0.2) is 42.0 Å². The van der Waals surface area contributed by atoms with Crippen molar-refractivity contribution in [3.05, 3.63) is 71.0 Å². The highest BCUT2D eigenvalue weighted by Crippen LogP contribution is 2.36. The maximum absolute atomic E-state index is 13.4. The summed E-state index contributed by atoms with van der Waals surface area (Å²) in [5.74, 6) is -1.29. The molecule has 2 aliphatic rings. The Morgan fingerprint density at radius 1 is 1.11 bits per heavy atom. The molecule has 0 radical (unpaired) electrons. The van der Waals surface area contributed by atoms with E-state index < -0.39 is 24.1 Å². The lowest BCUT2D eigenvalue weighted by Gasteiger charge is -2.40. The van der Waals surface area contributed by atoms with E-state index >= 15 is 0 Å². The molecule has 2 aromatic rings. The van der Waals surface area contributed by atoms with Crippen LogP contribution in [0, 0.1) is 5.82 Å². The number of benzene rings is 2. The molecule has 0 aliphatic carbocycles. The van der Waals surface area contributed by atoms with Crippen LogP contribution in [-0.2, 0) is 20.7 Å². The number of carbonyl (C=O) groups excluding carboxylic acids is 2. The fraction of sp³-hybridized carbons (Fsp3) is 0.333. The summed E-state index contributed by atoms with van der Waals surface area (Å²) in [4.78, 5) is 26.5. The number of carbonyl (C=O) groups is 2. The molecule has 1 saturated heterocycles. The molecule has 2 aliphatic heterocycles. The van der Waals surface area contributed by atoms with Gasteiger partial charge in [0.2, 0.25) is 0 Å². The molecule has 1 fully saturated rings. The van der Waals surface area contributed by atoms with Gasteiger partial charge in [-0.05, 0) is 35.2 Å². The number of ether oxygens (including phenoxy) is 1. The molecule has 6 heteroatoms. The van der Waals surface area contributed by atoms with Gasteiger partial charge in [-0.15, -0.1) is 0 Å². The lowest BCUT2D eigenvalue weighted by molar-refractivity contribution is -0.157. The van der Waals surface area contributed by atoms with Crippen molar-refractivity contribution in [1.82, 2.24) is 4.90 Å². The van der Waals surface area contributed by atoms with E-state index in [9.17, 15) is 18.4 Å². The first-order valence-electron chi connectivity index (χ1n) is 8.96. The predicted molar refractivity (Wildman–Crippen MR) is 94.4 cm³/mol. The number of Topliss-reactive ketones (excluding diaryl/α,β-unsaturated/α-hetero) is 1. The lowest BCUT2D eigenvalue weighted by Crippen LogP contribution is -2.49. The topological polar surface area (TPSA) is 46.6 Å². The fourth-order valence-corrected chi connectivity index (χ4v) is 3.82. The van der Waals surface area contributed by atoms with Gasteiger partial charge in [0.25, 0.3) is 5.91 Å². The molecular weight excluding hydrogens is 352 g/mol. The van der Waals surface area contributed by atoms with Gasteiger partial charge in [0.1, 0.15) is 11.9 Å². The maximum atomic E-state index is 13.4. The van der Waals surface area contributed by atoms with Gasteiger partial charge in [-0.1, -0.05) is 36.4 Å². The van der Waals surface area contributed by atoms with E-state index in [-0.39, 0.29) is 24.8 Å². The summed E-state index contributed by atoms with van der Waals surface area (Å²) in [6, 6.07) is 13.5. The van der Waals surface area contributed by atoms with Gasteiger partial charge in [-0.25, -0.2) is 8.78 Å². The molecule has 4 nitrogen and oxygen atoms in total. The van der Waals surface area contributed by atoms with Crippen LogP contribution >= 0.6 is 0 Å². The Morgan fingerprint density at radius 3 is 2.59 bits per heavy atom. The molecular formula is C21H19F2NO3. The molecule has 2 unspecified atom stereocenters. The summed E-state index contributed by atoms with van der Waals surface area (Å²) in [5, 5.41) is 0. The van der Waals surface area contributed by atoms with Gasteiger partial charge in [-0.3, -0.25) is 9.59 Å². The zero-order chi connectivity index (χ0) is 19.0. The zero-order valence-electron chi connectivity index (χ0n) is 14.6. The molecule has 140 valence electrons. The first-order chi connectivity index (χ1) is 13.0. The Kier molecular flexibility index (Phi) is 4.74. The van der Waals surface area contributed by atoms with E-state index in [4.69, 9.17) is 4.74 Å². The molecule has 1 amide bonds. The quantitative estimate of drug-likeness (QED) is 0.815. The van der Waals surface area contributed by atoms with Crippen LogP contribution in [0.4, 0.5) is 8.78 Å². The van der Waals surface area contributed by atoms with Crippen LogP contribution in [0.1, 0.15) is 29.2 Å². The molecule has 27 heavy (non-hydrogen) atoms. The molecule has 0 bridgehead atoms. The van der Waals surface area contributed by atoms with E-state index in [1.165, 1.54) is 12.1 Å². The van der Waals surface area contributed by atoms with Crippen LogP contribution in [0.5, 0.6) is 0 Å². The summed E-state index contributed by atoms with van der Waals surface area (Å²) in [7, 11) is 0. The number of ketones is 1. The van der Waals surface area contributed by atoms with Crippen molar-refractivity contribution in [1.29, 1.82) is 0 Å². The predicted octanol–water partition coefficient (Wildman–Crippen LogP) is 3.00. The normalized spacial score (nSPS) is 25.2. The Hall–Kier alpha value is -2.60. The Balaban J connectivity index is 1.69. The minimum atomic E-state index is -1.66. The molecule has 2 heterocycles. The molecule has 0 N–H and O–H groups in total. The first-order valence-corrected chi connectivity index (χ1v) is 8.96. The van der Waals surface area contributed by atoms with Crippen molar-refractivity contribution in [2.75, 3.05) is 13.2 Å². The van der Waals surface area contributed by atoms with Crippen LogP contribution < -0.4 is 0 Å². The van der Waals surface area contributed by atoms with Gasteiger partial charge >= 0.3 is 0 Å². The van der Waals surface area contributed by atoms with Crippen LogP contribution in [0.25, 0.3) is 0 Å². The summed E-state index contributed by atoms with van der Waals surface area (Å²) in [6.45, 7) is 0.0614. The second kappa shape index (κ2) is 7.19. The van der Waals surface area contributed by atoms with E-state index in [2.05, 4.69) is 0 Å². The van der Waals surface area contributed by atoms with E-state index in [1.54, 1.807) is 17.0 Å². The number of nitrogens with zero attached hydrogens (tertiary/aromatic N) is 1. The Labute approximate surface area is 155 Å². The van der Waals surface area contributed by atoms with Gasteiger partial charge in [0.05, 0.1) is 12.6 Å². The largest absolute Gasteiger partial charge is 0.364 e. The average Bonchev–Trinajstić information content (AvgIpc) is 2.69. The number of alkyl halides is 1. The van der Waals surface area contributed by atoms with Gasteiger partial charge < -0.3 is 9.64 Å². The number of hydrogen-bond acceptors (Lipinski definition) is 3. The number of fused-ring (bicyclic) bond motifs is 1. The van der Waals surface area contributed by atoms with Crippen molar-refractivity contribution in [3.8, 4) is 0 Å². The third-order valence-electron chi connectivity index (χ3n) is 5.21. The third kappa shape index (κ3) is 3.37. The van der Waals surface area contributed by atoms with E-state index in [0.29, 0.717) is 13.0 Å². The molecule has 0 aromatic heterocycles. The summed E-state index contributed by atoms with van der Waals surface area (Å²) < 4.78 is 32.1. The number of hydrogen-bond donors (Lipinski definition) is 0. The average molecular weight is 371 g/mol. The maximum Gasteiger partial charge on any atom is 0.252 e.